The number of benzene rings is 1. The summed E-state index contributed by atoms with van der Waals surface area (Å²) in [7, 11) is 1.51. The quantitative estimate of drug-likeness (QED) is 0.823. The molecule has 0 saturated carbocycles. The van der Waals surface area contributed by atoms with E-state index in [1.54, 1.807) is 41.2 Å². The van der Waals surface area contributed by atoms with E-state index in [9.17, 15) is 9.59 Å². The predicted octanol–water partition coefficient (Wildman–Crippen LogP) is 2.66. The highest BCUT2D eigenvalue weighted by Crippen LogP contribution is 2.16. The van der Waals surface area contributed by atoms with Crippen LogP contribution in [0.3, 0.4) is 0 Å². The van der Waals surface area contributed by atoms with Crippen LogP contribution in [0.1, 0.15) is 37.2 Å². The number of amides is 1. The Morgan fingerprint density at radius 2 is 1.96 bits per heavy atom. The third-order valence-corrected chi connectivity index (χ3v) is 3.37. The molecule has 0 aliphatic rings. The van der Waals surface area contributed by atoms with E-state index in [1.165, 1.54) is 14.0 Å². The summed E-state index contributed by atoms with van der Waals surface area (Å²) in [4.78, 5) is 24.4. The fourth-order valence-corrected chi connectivity index (χ4v) is 2.08. The molecule has 1 atom stereocenters. The normalized spacial score (nSPS) is 11.9. The Labute approximate surface area is 140 Å². The molecule has 7 nitrogen and oxygen atoms in total. The van der Waals surface area contributed by atoms with Crippen LogP contribution in [0.2, 0.25) is 0 Å². The Morgan fingerprint density at radius 3 is 2.62 bits per heavy atom. The zero-order valence-electron chi connectivity index (χ0n) is 14.1. The largest absolute Gasteiger partial charge is 0.497 e. The van der Waals surface area contributed by atoms with Crippen LogP contribution in [0.4, 0.5) is 5.82 Å². The van der Waals surface area contributed by atoms with Crippen molar-refractivity contribution in [3.05, 3.63) is 42.1 Å². The highest BCUT2D eigenvalue weighted by molar-refractivity contribution is 5.97. The zero-order valence-corrected chi connectivity index (χ0v) is 14.1. The number of rotatable bonds is 6. The Morgan fingerprint density at radius 1 is 1.21 bits per heavy atom. The number of carbonyl (C=O) groups excluding carboxylic acids is 2. The van der Waals surface area contributed by atoms with Gasteiger partial charge < -0.3 is 14.8 Å². The van der Waals surface area contributed by atoms with Gasteiger partial charge in [0.25, 0.3) is 5.91 Å². The predicted molar refractivity (Wildman–Crippen MR) is 89.1 cm³/mol. The maximum atomic E-state index is 12.2. The van der Waals surface area contributed by atoms with Crippen molar-refractivity contribution in [3.63, 3.8) is 0 Å². The average Bonchev–Trinajstić information content (AvgIpc) is 3.03. The number of ether oxygens (including phenoxy) is 2. The zero-order chi connectivity index (χ0) is 17.7. The van der Waals surface area contributed by atoms with Crippen LogP contribution in [0.25, 0.3) is 0 Å². The van der Waals surface area contributed by atoms with Crippen LogP contribution >= 0.6 is 0 Å². The van der Waals surface area contributed by atoms with Crippen molar-refractivity contribution in [3.8, 4) is 5.75 Å². The fourth-order valence-electron chi connectivity index (χ4n) is 2.08. The second-order valence-electron chi connectivity index (χ2n) is 5.52. The van der Waals surface area contributed by atoms with Crippen molar-refractivity contribution in [2.45, 2.75) is 32.9 Å². The van der Waals surface area contributed by atoms with E-state index in [4.69, 9.17) is 9.47 Å². The summed E-state index contributed by atoms with van der Waals surface area (Å²) in [5, 5.41) is 6.85. The van der Waals surface area contributed by atoms with Crippen LogP contribution in [-0.2, 0) is 9.53 Å². The first-order chi connectivity index (χ1) is 11.4. The Hall–Kier alpha value is -2.83. The lowest BCUT2D eigenvalue weighted by Crippen LogP contribution is -2.31. The molecule has 0 spiro atoms. The van der Waals surface area contributed by atoms with Gasteiger partial charge in [0, 0.05) is 12.1 Å². The number of hydrogen-bond acceptors (Lipinski definition) is 5. The molecule has 0 aliphatic heterocycles. The van der Waals surface area contributed by atoms with Crippen molar-refractivity contribution in [1.29, 1.82) is 0 Å². The molecule has 0 bridgehead atoms. The van der Waals surface area contributed by atoms with Crippen molar-refractivity contribution >= 4 is 17.7 Å². The van der Waals surface area contributed by atoms with Gasteiger partial charge in [0.2, 0.25) is 0 Å². The molecular weight excluding hydrogens is 310 g/mol. The van der Waals surface area contributed by atoms with Gasteiger partial charge >= 0.3 is 5.97 Å². The third-order valence-electron chi connectivity index (χ3n) is 3.37. The fraction of sp³-hybridized carbons (Fsp3) is 0.353. The second-order valence-corrected chi connectivity index (χ2v) is 5.52. The topological polar surface area (TPSA) is 82.4 Å². The number of nitrogens with zero attached hydrogens (tertiary/aromatic N) is 2. The summed E-state index contributed by atoms with van der Waals surface area (Å²) in [6.07, 6.45) is 0.655. The third kappa shape index (κ3) is 4.13. The molecule has 1 N–H and O–H groups in total. The van der Waals surface area contributed by atoms with Crippen molar-refractivity contribution in [2.75, 3.05) is 12.4 Å². The van der Waals surface area contributed by atoms with Crippen LogP contribution in [0, 0.1) is 0 Å². The van der Waals surface area contributed by atoms with E-state index in [2.05, 4.69) is 10.4 Å². The van der Waals surface area contributed by atoms with Crippen molar-refractivity contribution in [2.24, 2.45) is 0 Å². The Balaban J connectivity index is 2.00. The highest BCUT2D eigenvalue weighted by Gasteiger charge is 2.20. The van der Waals surface area contributed by atoms with Crippen LogP contribution in [0.15, 0.2) is 36.5 Å². The molecule has 1 amide bonds. The first-order valence-electron chi connectivity index (χ1n) is 7.61. The van der Waals surface area contributed by atoms with Crippen LogP contribution in [0.5, 0.6) is 5.75 Å². The molecule has 7 heteroatoms. The van der Waals surface area contributed by atoms with E-state index in [0.29, 0.717) is 17.1 Å². The minimum atomic E-state index is -0.945. The van der Waals surface area contributed by atoms with Gasteiger partial charge in [-0.15, -0.1) is 0 Å². The maximum Gasteiger partial charge on any atom is 0.339 e. The lowest BCUT2D eigenvalue weighted by atomic mass is 10.2. The monoisotopic (exact) mass is 331 g/mol. The molecule has 1 aromatic carbocycles. The number of anilines is 1. The number of nitrogens with one attached hydrogen (secondary N) is 1. The van der Waals surface area contributed by atoms with Crippen molar-refractivity contribution in [1.82, 2.24) is 9.78 Å². The molecule has 0 radical (unpaired) electrons. The van der Waals surface area contributed by atoms with E-state index < -0.39 is 18.0 Å². The number of hydrogen-bond donors (Lipinski definition) is 1. The van der Waals surface area contributed by atoms with Gasteiger partial charge in [-0.2, -0.15) is 5.10 Å². The molecule has 2 rings (SSSR count). The van der Waals surface area contributed by atoms with Crippen LogP contribution in [-0.4, -0.2) is 34.9 Å². The number of esters is 1. The van der Waals surface area contributed by atoms with Gasteiger partial charge in [-0.25, -0.2) is 9.48 Å². The first kappa shape index (κ1) is 17.5. The van der Waals surface area contributed by atoms with Crippen molar-refractivity contribution < 1.29 is 19.1 Å². The molecule has 2 aromatic rings. The highest BCUT2D eigenvalue weighted by atomic mass is 16.5. The lowest BCUT2D eigenvalue weighted by Gasteiger charge is -2.16. The molecular formula is C17H21N3O4. The summed E-state index contributed by atoms with van der Waals surface area (Å²) < 4.78 is 12.0. The minimum Gasteiger partial charge on any atom is -0.497 e. The van der Waals surface area contributed by atoms with E-state index in [-0.39, 0.29) is 6.04 Å². The molecule has 0 fully saturated rings. The smallest absolute Gasteiger partial charge is 0.339 e. The minimum absolute atomic E-state index is 0.102. The Kier molecular flexibility index (Phi) is 5.57. The van der Waals surface area contributed by atoms with E-state index in [0.717, 1.165) is 0 Å². The molecule has 0 aliphatic carbocycles. The summed E-state index contributed by atoms with van der Waals surface area (Å²) in [6, 6.07) is 8.35. The SMILES string of the molecule is COc1cccc(C(=O)O[C@@H](C)C(=O)Nc2ccnn2C(C)C)c1. The molecule has 0 unspecified atom stereocenters. The van der Waals surface area contributed by atoms with E-state index >= 15 is 0 Å². The van der Waals surface area contributed by atoms with E-state index in [1.807, 2.05) is 13.8 Å². The summed E-state index contributed by atoms with van der Waals surface area (Å²) in [5.41, 5.74) is 0.321. The second kappa shape index (κ2) is 7.63. The van der Waals surface area contributed by atoms with Gasteiger partial charge in [0.15, 0.2) is 6.10 Å². The maximum absolute atomic E-state index is 12.2. The standard InChI is InChI=1S/C17H21N3O4/c1-11(2)20-15(8-9-18-20)19-16(21)12(3)24-17(22)13-6-5-7-14(10-13)23-4/h5-12H,1-4H3,(H,19,21)/t12-/m0/s1. The Bertz CT molecular complexity index is 724. The van der Waals surface area contributed by atoms with Gasteiger partial charge in [-0.3, -0.25) is 4.79 Å². The van der Waals surface area contributed by atoms with Gasteiger partial charge in [-0.1, -0.05) is 6.07 Å². The summed E-state index contributed by atoms with van der Waals surface area (Å²) in [5.74, 6) is 0.0873. The lowest BCUT2D eigenvalue weighted by molar-refractivity contribution is -0.123. The summed E-state index contributed by atoms with van der Waals surface area (Å²) >= 11 is 0. The molecule has 128 valence electrons. The molecule has 0 saturated heterocycles. The average molecular weight is 331 g/mol. The first-order valence-corrected chi connectivity index (χ1v) is 7.61. The number of methoxy groups -OCH3 is 1. The van der Waals surface area contributed by atoms with Gasteiger partial charge in [0.1, 0.15) is 11.6 Å². The number of aromatic nitrogens is 2. The van der Waals surface area contributed by atoms with Crippen LogP contribution < -0.4 is 10.1 Å². The van der Waals surface area contributed by atoms with Gasteiger partial charge in [-0.05, 0) is 39.0 Å². The summed E-state index contributed by atoms with van der Waals surface area (Å²) in [6.45, 7) is 5.42. The van der Waals surface area contributed by atoms with Gasteiger partial charge in [0.05, 0.1) is 18.9 Å². The molecule has 24 heavy (non-hydrogen) atoms. The molecule has 1 heterocycles. The molecule has 1 aromatic heterocycles. The number of carbonyl (C=O) groups is 2.